The molecule has 1 fully saturated rings. The maximum atomic E-state index is 12.9. The Morgan fingerprint density at radius 1 is 0.919 bits per heavy atom. The van der Waals surface area contributed by atoms with Crippen LogP contribution in [0.3, 0.4) is 0 Å². The third kappa shape index (κ3) is 6.15. The summed E-state index contributed by atoms with van der Waals surface area (Å²) in [6, 6.07) is 21.6. The van der Waals surface area contributed by atoms with E-state index in [2.05, 4.69) is 35.2 Å². The van der Waals surface area contributed by atoms with E-state index < -0.39 is 0 Å². The normalized spacial score (nSPS) is 16.9. The number of likely N-dealkylation sites (tertiary alicyclic amines) is 1. The minimum Gasteiger partial charge on any atom is -0.497 e. The van der Waals surface area contributed by atoms with Crippen molar-refractivity contribution in [3.63, 3.8) is 0 Å². The van der Waals surface area contributed by atoms with Crippen LogP contribution in [-0.2, 0) is 6.42 Å². The molecule has 6 nitrogen and oxygen atoms in total. The van der Waals surface area contributed by atoms with Crippen molar-refractivity contribution in [1.82, 2.24) is 4.90 Å². The summed E-state index contributed by atoms with van der Waals surface area (Å²) in [5, 5.41) is 0. The Labute approximate surface area is 218 Å². The number of allylic oxidation sites excluding steroid dienone is 1. The zero-order valence-electron chi connectivity index (χ0n) is 21.4. The van der Waals surface area contributed by atoms with E-state index in [1.807, 2.05) is 18.2 Å². The predicted molar refractivity (Wildman–Crippen MR) is 144 cm³/mol. The summed E-state index contributed by atoms with van der Waals surface area (Å²) in [6.07, 6.45) is 5.31. The lowest BCUT2D eigenvalue weighted by Gasteiger charge is -2.31. The number of methoxy groups -OCH3 is 2. The highest BCUT2D eigenvalue weighted by atomic mass is 16.5. The van der Waals surface area contributed by atoms with Crippen LogP contribution in [0.2, 0.25) is 0 Å². The molecule has 0 spiro atoms. The van der Waals surface area contributed by atoms with E-state index in [4.69, 9.17) is 18.9 Å². The van der Waals surface area contributed by atoms with Gasteiger partial charge in [-0.05, 0) is 79.7 Å². The number of ether oxygens (including phenoxy) is 4. The Bertz CT molecular complexity index is 1240. The van der Waals surface area contributed by atoms with Crippen LogP contribution in [0.5, 0.6) is 23.0 Å². The maximum absolute atomic E-state index is 12.9. The van der Waals surface area contributed by atoms with Gasteiger partial charge in [0.25, 0.3) is 0 Å². The van der Waals surface area contributed by atoms with Crippen LogP contribution in [-0.4, -0.2) is 51.1 Å². The van der Waals surface area contributed by atoms with Gasteiger partial charge in [-0.3, -0.25) is 9.69 Å². The number of carbonyl (C=O) groups excluding carboxylic acids is 1. The van der Waals surface area contributed by atoms with Gasteiger partial charge in [0.05, 0.1) is 19.8 Å². The van der Waals surface area contributed by atoms with Crippen molar-refractivity contribution in [1.29, 1.82) is 0 Å². The average molecular weight is 500 g/mol. The highest BCUT2D eigenvalue weighted by Gasteiger charge is 2.28. The van der Waals surface area contributed by atoms with Crippen LogP contribution in [0.25, 0.3) is 6.08 Å². The third-order valence-electron chi connectivity index (χ3n) is 7.06. The molecule has 0 atom stereocenters. The van der Waals surface area contributed by atoms with Gasteiger partial charge in [0.15, 0.2) is 5.76 Å². The average Bonchev–Trinajstić information content (AvgIpc) is 3.24. The number of nitrogens with zero attached hydrogens (tertiary/aromatic N) is 1. The molecule has 0 amide bonds. The zero-order chi connectivity index (χ0) is 25.6. The van der Waals surface area contributed by atoms with E-state index in [1.165, 1.54) is 24.8 Å². The van der Waals surface area contributed by atoms with Crippen molar-refractivity contribution in [2.24, 2.45) is 5.92 Å². The van der Waals surface area contributed by atoms with Crippen LogP contribution in [0.15, 0.2) is 72.5 Å². The van der Waals surface area contributed by atoms with Crippen LogP contribution < -0.4 is 18.9 Å². The van der Waals surface area contributed by atoms with E-state index in [-0.39, 0.29) is 11.5 Å². The first-order chi connectivity index (χ1) is 18.1. The molecule has 0 saturated carbocycles. The Morgan fingerprint density at radius 2 is 1.65 bits per heavy atom. The molecule has 0 aliphatic carbocycles. The molecule has 6 heteroatoms. The SMILES string of the molecule is COc1cc(/C=C2\Oc3cc(OCCN4CCC(Cc5ccccc5)CC4)ccc3C2=O)cc(OC)c1. The summed E-state index contributed by atoms with van der Waals surface area (Å²) in [6.45, 7) is 3.69. The first-order valence-corrected chi connectivity index (χ1v) is 12.8. The van der Waals surface area contributed by atoms with Gasteiger partial charge in [-0.1, -0.05) is 30.3 Å². The van der Waals surface area contributed by atoms with E-state index in [0.29, 0.717) is 35.2 Å². The molecule has 37 heavy (non-hydrogen) atoms. The molecule has 0 unspecified atom stereocenters. The third-order valence-corrected chi connectivity index (χ3v) is 7.06. The Kier molecular flexibility index (Phi) is 7.76. The predicted octanol–water partition coefficient (Wildman–Crippen LogP) is 5.65. The molecule has 3 aromatic rings. The molecule has 0 N–H and O–H groups in total. The van der Waals surface area contributed by atoms with Crippen molar-refractivity contribution in [3.8, 4) is 23.0 Å². The molecule has 1 saturated heterocycles. The quantitative estimate of drug-likeness (QED) is 0.355. The molecule has 2 aliphatic rings. The van der Waals surface area contributed by atoms with E-state index in [1.54, 1.807) is 38.5 Å². The second kappa shape index (κ2) is 11.5. The fraction of sp³-hybridized carbons (Fsp3) is 0.323. The number of benzene rings is 3. The number of carbonyl (C=O) groups is 1. The number of piperidine rings is 1. The molecule has 0 aromatic heterocycles. The monoisotopic (exact) mass is 499 g/mol. The van der Waals surface area contributed by atoms with Crippen molar-refractivity contribution in [3.05, 3.63) is 89.2 Å². The van der Waals surface area contributed by atoms with Gasteiger partial charge in [-0.2, -0.15) is 0 Å². The van der Waals surface area contributed by atoms with Gasteiger partial charge in [0, 0.05) is 18.7 Å². The fourth-order valence-electron chi connectivity index (χ4n) is 4.98. The molecule has 0 bridgehead atoms. The van der Waals surface area contributed by atoms with Crippen molar-refractivity contribution >= 4 is 11.9 Å². The van der Waals surface area contributed by atoms with E-state index in [9.17, 15) is 4.79 Å². The Morgan fingerprint density at radius 3 is 2.35 bits per heavy atom. The Balaban J connectivity index is 1.13. The van der Waals surface area contributed by atoms with Crippen LogP contribution in [0.1, 0.15) is 34.3 Å². The second-order valence-corrected chi connectivity index (χ2v) is 9.57. The molecular weight excluding hydrogens is 466 g/mol. The number of fused-ring (bicyclic) bond motifs is 1. The lowest BCUT2D eigenvalue weighted by molar-refractivity contribution is 0.101. The summed E-state index contributed by atoms with van der Waals surface area (Å²) >= 11 is 0. The van der Waals surface area contributed by atoms with Gasteiger partial charge in [0.1, 0.15) is 29.6 Å². The van der Waals surface area contributed by atoms with Gasteiger partial charge >= 0.3 is 0 Å². The topological polar surface area (TPSA) is 57.2 Å². The molecule has 3 aromatic carbocycles. The molecule has 2 aliphatic heterocycles. The summed E-state index contributed by atoms with van der Waals surface area (Å²) in [7, 11) is 3.18. The van der Waals surface area contributed by atoms with Crippen LogP contribution >= 0.6 is 0 Å². The summed E-state index contributed by atoms with van der Waals surface area (Å²) < 4.78 is 22.6. The lowest BCUT2D eigenvalue weighted by Crippen LogP contribution is -2.37. The first-order valence-electron chi connectivity index (χ1n) is 12.8. The summed E-state index contributed by atoms with van der Waals surface area (Å²) in [4.78, 5) is 15.4. The molecule has 192 valence electrons. The minimum absolute atomic E-state index is 0.151. The highest BCUT2D eigenvalue weighted by molar-refractivity contribution is 6.14. The summed E-state index contributed by atoms with van der Waals surface area (Å²) in [5.74, 6) is 3.38. The minimum atomic E-state index is -0.151. The standard InChI is InChI=1S/C31H33NO5/c1-34-26-17-24(18-27(20-26)35-2)19-30-31(33)28-9-8-25(21-29(28)37-30)36-15-14-32-12-10-23(11-13-32)16-22-6-4-3-5-7-22/h3-9,17-21,23H,10-16H2,1-2H3/b30-19-. The second-order valence-electron chi connectivity index (χ2n) is 9.57. The van der Waals surface area contributed by atoms with Gasteiger partial charge < -0.3 is 18.9 Å². The molecule has 2 heterocycles. The highest BCUT2D eigenvalue weighted by Crippen LogP contribution is 2.35. The maximum Gasteiger partial charge on any atom is 0.231 e. The van der Waals surface area contributed by atoms with Crippen LogP contribution in [0.4, 0.5) is 0 Å². The van der Waals surface area contributed by atoms with Gasteiger partial charge in [-0.15, -0.1) is 0 Å². The van der Waals surface area contributed by atoms with Gasteiger partial charge in [0.2, 0.25) is 5.78 Å². The number of Topliss-reactive ketones (excluding diaryl/α,β-unsaturated/α-hetero) is 1. The molecular formula is C31H33NO5. The summed E-state index contributed by atoms with van der Waals surface area (Å²) in [5.41, 5.74) is 2.73. The smallest absolute Gasteiger partial charge is 0.231 e. The van der Waals surface area contributed by atoms with Crippen molar-refractivity contribution in [2.75, 3.05) is 40.5 Å². The molecule has 0 radical (unpaired) electrons. The number of hydrogen-bond donors (Lipinski definition) is 0. The van der Waals surface area contributed by atoms with Crippen molar-refractivity contribution in [2.45, 2.75) is 19.3 Å². The number of hydrogen-bond acceptors (Lipinski definition) is 6. The lowest BCUT2D eigenvalue weighted by atomic mass is 9.90. The molecule has 5 rings (SSSR count). The fourth-order valence-corrected chi connectivity index (χ4v) is 4.98. The largest absolute Gasteiger partial charge is 0.497 e. The Hall–Kier alpha value is -3.77. The van der Waals surface area contributed by atoms with Crippen molar-refractivity contribution < 1.29 is 23.7 Å². The zero-order valence-corrected chi connectivity index (χ0v) is 21.4. The number of ketones is 1. The van der Waals surface area contributed by atoms with E-state index >= 15 is 0 Å². The van der Waals surface area contributed by atoms with Crippen LogP contribution in [0, 0.1) is 5.92 Å². The number of rotatable bonds is 9. The van der Waals surface area contributed by atoms with E-state index in [0.717, 1.165) is 31.1 Å². The van der Waals surface area contributed by atoms with Gasteiger partial charge in [-0.25, -0.2) is 0 Å². The first kappa shape index (κ1) is 24.9.